The van der Waals surface area contributed by atoms with Crippen LogP contribution in [-0.4, -0.2) is 36.9 Å². The number of thiazole rings is 1. The third-order valence-electron chi connectivity index (χ3n) is 3.47. The minimum absolute atomic E-state index is 0.0867. The summed E-state index contributed by atoms with van der Waals surface area (Å²) in [6, 6.07) is 7.01. The standard InChI is InChI=1S/C14H15ClN2O3S2/c15-13-4-2-1-3-11(13)10-22(18,19)17-7-5-12(9-17)20-14-16-6-8-21-14/h1-4,6,8,12H,5,7,9-10H2. The second-order valence-electron chi connectivity index (χ2n) is 5.03. The molecule has 0 amide bonds. The summed E-state index contributed by atoms with van der Waals surface area (Å²) in [6.45, 7) is 0.815. The van der Waals surface area contributed by atoms with Crippen LogP contribution in [0.1, 0.15) is 12.0 Å². The highest BCUT2D eigenvalue weighted by Gasteiger charge is 2.33. The van der Waals surface area contributed by atoms with E-state index in [4.69, 9.17) is 16.3 Å². The maximum atomic E-state index is 12.5. The molecule has 8 heteroatoms. The molecule has 1 aromatic heterocycles. The van der Waals surface area contributed by atoms with E-state index in [-0.39, 0.29) is 11.9 Å². The monoisotopic (exact) mass is 358 g/mol. The zero-order valence-corrected chi connectivity index (χ0v) is 14.1. The lowest BCUT2D eigenvalue weighted by molar-refractivity contribution is 0.214. The Bertz CT molecular complexity index is 734. The van der Waals surface area contributed by atoms with Crippen molar-refractivity contribution in [1.29, 1.82) is 0 Å². The molecular formula is C14H15ClN2O3S2. The molecule has 1 aliphatic rings. The van der Waals surface area contributed by atoms with Gasteiger partial charge in [-0.15, -0.1) is 0 Å². The molecule has 0 aliphatic carbocycles. The van der Waals surface area contributed by atoms with E-state index in [1.807, 2.05) is 5.38 Å². The number of ether oxygens (including phenoxy) is 1. The van der Waals surface area contributed by atoms with Gasteiger partial charge in [-0.1, -0.05) is 41.1 Å². The molecule has 5 nitrogen and oxygen atoms in total. The van der Waals surface area contributed by atoms with Crippen LogP contribution in [0, 0.1) is 0 Å². The van der Waals surface area contributed by atoms with Gasteiger partial charge in [0.05, 0.1) is 12.3 Å². The van der Waals surface area contributed by atoms with Gasteiger partial charge in [-0.2, -0.15) is 4.31 Å². The van der Waals surface area contributed by atoms with Crippen molar-refractivity contribution >= 4 is 33.0 Å². The highest BCUT2D eigenvalue weighted by molar-refractivity contribution is 7.88. The first kappa shape index (κ1) is 15.7. The maximum absolute atomic E-state index is 12.5. The van der Waals surface area contributed by atoms with Gasteiger partial charge < -0.3 is 4.74 Å². The largest absolute Gasteiger partial charge is 0.465 e. The highest BCUT2D eigenvalue weighted by atomic mass is 35.5. The van der Waals surface area contributed by atoms with E-state index in [1.54, 1.807) is 30.5 Å². The smallest absolute Gasteiger partial charge is 0.273 e. The molecule has 1 aliphatic heterocycles. The summed E-state index contributed by atoms with van der Waals surface area (Å²) in [7, 11) is -3.40. The lowest BCUT2D eigenvalue weighted by Gasteiger charge is -2.17. The second kappa shape index (κ2) is 6.54. The van der Waals surface area contributed by atoms with Crippen molar-refractivity contribution in [2.45, 2.75) is 18.3 Å². The predicted octanol–water partition coefficient (Wildman–Crippen LogP) is 2.78. The van der Waals surface area contributed by atoms with Crippen molar-refractivity contribution in [3.05, 3.63) is 46.4 Å². The van der Waals surface area contributed by atoms with Crippen LogP contribution in [0.5, 0.6) is 5.19 Å². The first-order valence-electron chi connectivity index (χ1n) is 6.82. The van der Waals surface area contributed by atoms with Gasteiger partial charge >= 0.3 is 0 Å². The molecule has 1 atom stereocenters. The van der Waals surface area contributed by atoms with Crippen molar-refractivity contribution in [1.82, 2.24) is 9.29 Å². The Balaban J connectivity index is 1.65. The quantitative estimate of drug-likeness (QED) is 0.824. The number of hydrogen-bond donors (Lipinski definition) is 0. The molecule has 0 radical (unpaired) electrons. The molecule has 0 N–H and O–H groups in total. The van der Waals surface area contributed by atoms with Crippen LogP contribution in [0.2, 0.25) is 5.02 Å². The van der Waals surface area contributed by atoms with Crippen molar-refractivity contribution in [2.75, 3.05) is 13.1 Å². The van der Waals surface area contributed by atoms with E-state index in [2.05, 4.69) is 4.98 Å². The number of hydrogen-bond acceptors (Lipinski definition) is 5. The van der Waals surface area contributed by atoms with Gasteiger partial charge in [0, 0.05) is 23.1 Å². The van der Waals surface area contributed by atoms with Gasteiger partial charge in [-0.05, 0) is 18.1 Å². The number of sulfonamides is 1. The lowest BCUT2D eigenvalue weighted by Crippen LogP contribution is -2.32. The highest BCUT2D eigenvalue weighted by Crippen LogP contribution is 2.25. The summed E-state index contributed by atoms with van der Waals surface area (Å²) in [4.78, 5) is 4.06. The molecule has 1 unspecified atom stereocenters. The van der Waals surface area contributed by atoms with Crippen molar-refractivity contribution in [3.8, 4) is 5.19 Å². The van der Waals surface area contributed by atoms with Crippen LogP contribution in [0.25, 0.3) is 0 Å². The van der Waals surface area contributed by atoms with Gasteiger partial charge in [-0.25, -0.2) is 13.4 Å². The fourth-order valence-electron chi connectivity index (χ4n) is 2.36. The minimum Gasteiger partial charge on any atom is -0.465 e. The number of halogens is 1. The molecule has 118 valence electrons. The third kappa shape index (κ3) is 3.60. The number of nitrogens with zero attached hydrogens (tertiary/aromatic N) is 2. The Morgan fingerprint density at radius 1 is 1.41 bits per heavy atom. The van der Waals surface area contributed by atoms with Gasteiger partial charge in [-0.3, -0.25) is 0 Å². The van der Waals surface area contributed by atoms with Crippen LogP contribution >= 0.6 is 22.9 Å². The molecule has 0 saturated carbocycles. The van der Waals surface area contributed by atoms with Crippen LogP contribution in [-0.2, 0) is 15.8 Å². The molecule has 3 rings (SSSR count). The van der Waals surface area contributed by atoms with Gasteiger partial charge in [0.25, 0.3) is 5.19 Å². The second-order valence-corrected chi connectivity index (χ2v) is 8.27. The molecule has 2 heterocycles. The van der Waals surface area contributed by atoms with Crippen molar-refractivity contribution < 1.29 is 13.2 Å². The fraction of sp³-hybridized carbons (Fsp3) is 0.357. The van der Waals surface area contributed by atoms with E-state index < -0.39 is 10.0 Å². The Morgan fingerprint density at radius 3 is 2.95 bits per heavy atom. The number of benzene rings is 1. The van der Waals surface area contributed by atoms with E-state index in [0.29, 0.717) is 35.3 Å². The minimum atomic E-state index is -3.40. The molecule has 2 aromatic rings. The summed E-state index contributed by atoms with van der Waals surface area (Å²) in [6.07, 6.45) is 2.19. The molecule has 0 spiro atoms. The molecule has 1 aromatic carbocycles. The number of aromatic nitrogens is 1. The van der Waals surface area contributed by atoms with Crippen LogP contribution in [0.15, 0.2) is 35.8 Å². The SMILES string of the molecule is O=S(=O)(Cc1ccccc1Cl)N1CCC(Oc2nccs2)C1. The fourth-order valence-corrected chi connectivity index (χ4v) is 4.80. The lowest BCUT2D eigenvalue weighted by atomic mass is 10.2. The number of rotatable bonds is 5. The normalized spacial score (nSPS) is 19.4. The van der Waals surface area contributed by atoms with Crippen molar-refractivity contribution in [3.63, 3.8) is 0 Å². The Kier molecular flexibility index (Phi) is 4.67. The zero-order valence-electron chi connectivity index (χ0n) is 11.7. The maximum Gasteiger partial charge on any atom is 0.273 e. The third-order valence-corrected chi connectivity index (χ3v) is 6.30. The summed E-state index contributed by atoms with van der Waals surface area (Å²) < 4.78 is 32.2. The molecular weight excluding hydrogens is 344 g/mol. The molecule has 1 saturated heterocycles. The van der Waals surface area contributed by atoms with E-state index in [1.165, 1.54) is 15.6 Å². The van der Waals surface area contributed by atoms with Gasteiger partial charge in [0.15, 0.2) is 0 Å². The topological polar surface area (TPSA) is 59.5 Å². The van der Waals surface area contributed by atoms with Crippen molar-refractivity contribution in [2.24, 2.45) is 0 Å². The van der Waals surface area contributed by atoms with Gasteiger partial charge in [0.2, 0.25) is 10.0 Å². The summed E-state index contributed by atoms with van der Waals surface area (Å²) in [5.41, 5.74) is 0.619. The molecule has 1 fully saturated rings. The van der Waals surface area contributed by atoms with Crippen LogP contribution in [0.4, 0.5) is 0 Å². The van der Waals surface area contributed by atoms with E-state index in [0.717, 1.165) is 0 Å². The van der Waals surface area contributed by atoms with Crippen LogP contribution in [0.3, 0.4) is 0 Å². The summed E-state index contributed by atoms with van der Waals surface area (Å²) in [5, 5.41) is 2.88. The zero-order chi connectivity index (χ0) is 15.6. The first-order chi connectivity index (χ1) is 10.5. The van der Waals surface area contributed by atoms with Gasteiger partial charge in [0.1, 0.15) is 6.10 Å². The average molecular weight is 359 g/mol. The Morgan fingerprint density at radius 2 is 2.23 bits per heavy atom. The Labute approximate surface area is 138 Å². The van der Waals surface area contributed by atoms with E-state index in [9.17, 15) is 8.42 Å². The molecule has 22 heavy (non-hydrogen) atoms. The van der Waals surface area contributed by atoms with Crippen LogP contribution < -0.4 is 4.74 Å². The summed E-state index contributed by atoms with van der Waals surface area (Å²) >= 11 is 7.45. The summed E-state index contributed by atoms with van der Waals surface area (Å²) in [5.74, 6) is -0.0867. The molecule has 0 bridgehead atoms. The Hall–Kier alpha value is -1.15. The average Bonchev–Trinajstić information content (AvgIpc) is 3.14. The first-order valence-corrected chi connectivity index (χ1v) is 9.68. The predicted molar refractivity (Wildman–Crippen MR) is 86.8 cm³/mol. The van der Waals surface area contributed by atoms with E-state index >= 15 is 0 Å².